The highest BCUT2D eigenvalue weighted by molar-refractivity contribution is 5.45. The van der Waals surface area contributed by atoms with E-state index in [1.54, 1.807) is 0 Å². The Bertz CT molecular complexity index is 226. The molecule has 0 aliphatic carbocycles. The Kier molecular flexibility index (Phi) is 6.26. The van der Waals surface area contributed by atoms with Crippen molar-refractivity contribution in [2.45, 2.75) is 13.8 Å². The summed E-state index contributed by atoms with van der Waals surface area (Å²) in [4.78, 5) is 2.33. The van der Waals surface area contributed by atoms with Gasteiger partial charge in [-0.3, -0.25) is 0 Å². The van der Waals surface area contributed by atoms with E-state index in [1.807, 2.05) is 6.07 Å². The molecule has 1 rings (SSSR count). The molecule has 0 unspecified atom stereocenters. The zero-order chi connectivity index (χ0) is 10.1. The first-order valence-electron chi connectivity index (χ1n) is 4.38. The van der Waals surface area contributed by atoms with Gasteiger partial charge in [-0.05, 0) is 26.0 Å². The number of anilines is 1. The molecule has 0 aromatic heterocycles. The molecule has 0 atom stereocenters. The van der Waals surface area contributed by atoms with Crippen molar-refractivity contribution in [2.24, 2.45) is 0 Å². The second-order valence-corrected chi connectivity index (χ2v) is 2.51. The molecule has 1 aromatic carbocycles. The zero-order valence-corrected chi connectivity index (χ0v) is 8.14. The van der Waals surface area contributed by atoms with Crippen LogP contribution in [0.4, 0.5) is 5.69 Å². The topological polar surface area (TPSA) is 50.8 Å². The van der Waals surface area contributed by atoms with Crippen LogP contribution in [0.3, 0.4) is 0 Å². The van der Waals surface area contributed by atoms with Crippen molar-refractivity contribution >= 4 is 5.69 Å². The van der Waals surface area contributed by atoms with E-state index in [9.17, 15) is 0 Å². The summed E-state index contributed by atoms with van der Waals surface area (Å²) in [6, 6.07) is 10.5. The van der Waals surface area contributed by atoms with E-state index in [1.165, 1.54) is 5.69 Å². The summed E-state index contributed by atoms with van der Waals surface area (Å²) in [5.74, 6) is 0. The van der Waals surface area contributed by atoms with Crippen molar-refractivity contribution in [3.63, 3.8) is 0 Å². The van der Waals surface area contributed by atoms with Crippen LogP contribution in [0.15, 0.2) is 30.3 Å². The Labute approximate surface area is 79.4 Å². The van der Waals surface area contributed by atoms with Gasteiger partial charge >= 0.3 is 0 Å². The summed E-state index contributed by atoms with van der Waals surface area (Å²) in [7, 11) is 0. The van der Waals surface area contributed by atoms with Crippen molar-refractivity contribution in [1.29, 1.82) is 10.8 Å². The lowest BCUT2D eigenvalue weighted by Crippen LogP contribution is -2.21. The summed E-state index contributed by atoms with van der Waals surface area (Å²) in [5, 5.41) is 12.0. The van der Waals surface area contributed by atoms with Gasteiger partial charge in [0.1, 0.15) is 0 Å². The third kappa shape index (κ3) is 3.57. The van der Waals surface area contributed by atoms with Crippen molar-refractivity contribution < 1.29 is 0 Å². The maximum atomic E-state index is 6.00. The standard InChI is InChI=1S/C10H15N.N2/c1-3-11(4-2)10-8-6-5-7-9-10;1-2/h5-9H,3-4H2,1-2H3;. The molecule has 3 heteroatoms. The molecular weight excluding hydrogens is 162 g/mol. The maximum Gasteiger partial charge on any atom is 0.0365 e. The zero-order valence-electron chi connectivity index (χ0n) is 8.14. The van der Waals surface area contributed by atoms with E-state index in [-0.39, 0.29) is 0 Å². The van der Waals surface area contributed by atoms with Crippen LogP contribution in [-0.2, 0) is 0 Å². The molecule has 0 aliphatic heterocycles. The van der Waals surface area contributed by atoms with Crippen LogP contribution in [0.5, 0.6) is 0 Å². The van der Waals surface area contributed by atoms with E-state index >= 15 is 0 Å². The highest BCUT2D eigenvalue weighted by Gasteiger charge is 1.97. The smallest absolute Gasteiger partial charge is 0.0365 e. The summed E-state index contributed by atoms with van der Waals surface area (Å²) in [6.45, 7) is 6.52. The van der Waals surface area contributed by atoms with E-state index in [2.05, 4.69) is 43.0 Å². The molecule has 0 amide bonds. The Morgan fingerprint density at radius 1 is 1.00 bits per heavy atom. The largest absolute Gasteiger partial charge is 0.372 e. The van der Waals surface area contributed by atoms with Crippen LogP contribution in [0.2, 0.25) is 0 Å². The van der Waals surface area contributed by atoms with Gasteiger partial charge in [0.15, 0.2) is 0 Å². The summed E-state index contributed by atoms with van der Waals surface area (Å²) in [6.07, 6.45) is 0. The predicted molar refractivity (Wildman–Crippen MR) is 53.5 cm³/mol. The first-order valence-corrected chi connectivity index (χ1v) is 4.38. The van der Waals surface area contributed by atoms with Gasteiger partial charge in [-0.1, -0.05) is 18.2 Å². The minimum Gasteiger partial charge on any atom is -0.372 e. The van der Waals surface area contributed by atoms with Crippen molar-refractivity contribution in [1.82, 2.24) is 0 Å². The first kappa shape index (κ1) is 11.4. The fraction of sp³-hybridized carbons (Fsp3) is 0.400. The van der Waals surface area contributed by atoms with Crippen molar-refractivity contribution in [3.05, 3.63) is 30.3 Å². The van der Waals surface area contributed by atoms with Crippen LogP contribution >= 0.6 is 0 Å². The molecule has 0 fully saturated rings. The summed E-state index contributed by atoms with van der Waals surface area (Å²) >= 11 is 0. The molecule has 0 bridgehead atoms. The first-order chi connectivity index (χ1) is 6.38. The number of rotatable bonds is 3. The molecule has 3 nitrogen and oxygen atoms in total. The maximum absolute atomic E-state index is 6.00. The molecule has 0 spiro atoms. The lowest BCUT2D eigenvalue weighted by atomic mass is 10.3. The molecular formula is C10H15N3. The lowest BCUT2D eigenvalue weighted by molar-refractivity contribution is 0.866. The van der Waals surface area contributed by atoms with Crippen LogP contribution in [0, 0.1) is 10.8 Å². The van der Waals surface area contributed by atoms with Gasteiger partial charge in [-0.2, -0.15) is 0 Å². The molecule has 0 heterocycles. The number of para-hydroxylation sites is 1. The lowest BCUT2D eigenvalue weighted by Gasteiger charge is -2.20. The van der Waals surface area contributed by atoms with Crippen LogP contribution in [0.25, 0.3) is 0 Å². The van der Waals surface area contributed by atoms with Crippen LogP contribution < -0.4 is 4.90 Å². The van der Waals surface area contributed by atoms with Gasteiger partial charge in [-0.15, -0.1) is 0 Å². The van der Waals surface area contributed by atoms with E-state index in [0.29, 0.717) is 0 Å². The van der Waals surface area contributed by atoms with E-state index in [0.717, 1.165) is 13.1 Å². The fourth-order valence-electron chi connectivity index (χ4n) is 1.23. The number of nitrogens with zero attached hydrogens (tertiary/aromatic N) is 3. The van der Waals surface area contributed by atoms with Gasteiger partial charge in [-0.25, -0.2) is 0 Å². The minimum atomic E-state index is 1.08. The third-order valence-electron chi connectivity index (χ3n) is 1.88. The average Bonchev–Trinajstić information content (AvgIpc) is 2.24. The molecule has 0 saturated carbocycles. The molecule has 13 heavy (non-hydrogen) atoms. The average molecular weight is 177 g/mol. The monoisotopic (exact) mass is 177 g/mol. The minimum absolute atomic E-state index is 1.08. The molecule has 0 radical (unpaired) electrons. The molecule has 1 aromatic rings. The Hall–Kier alpha value is -1.56. The summed E-state index contributed by atoms with van der Waals surface area (Å²) < 4.78 is 0. The predicted octanol–water partition coefficient (Wildman–Crippen LogP) is 2.56. The normalized spacial score (nSPS) is 8.31. The Morgan fingerprint density at radius 3 is 1.85 bits per heavy atom. The molecule has 0 N–H and O–H groups in total. The molecule has 0 aliphatic rings. The van der Waals surface area contributed by atoms with Gasteiger partial charge in [0.05, 0.1) is 0 Å². The highest BCUT2D eigenvalue weighted by atomic mass is 15.1. The van der Waals surface area contributed by atoms with Crippen LogP contribution in [-0.4, -0.2) is 13.1 Å². The second-order valence-electron chi connectivity index (χ2n) is 2.51. The Balaban J connectivity index is 0.000000671. The molecule has 0 saturated heterocycles. The number of benzene rings is 1. The number of hydrogen-bond acceptors (Lipinski definition) is 3. The quantitative estimate of drug-likeness (QED) is 0.667. The van der Waals surface area contributed by atoms with Crippen molar-refractivity contribution in [3.8, 4) is 0 Å². The van der Waals surface area contributed by atoms with Gasteiger partial charge < -0.3 is 4.90 Å². The summed E-state index contributed by atoms with van der Waals surface area (Å²) in [5.41, 5.74) is 1.32. The third-order valence-corrected chi connectivity index (χ3v) is 1.88. The van der Waals surface area contributed by atoms with E-state index < -0.39 is 0 Å². The van der Waals surface area contributed by atoms with Crippen molar-refractivity contribution in [2.75, 3.05) is 18.0 Å². The molecule has 70 valence electrons. The van der Waals surface area contributed by atoms with E-state index in [4.69, 9.17) is 10.8 Å². The highest BCUT2D eigenvalue weighted by Crippen LogP contribution is 2.11. The van der Waals surface area contributed by atoms with Crippen LogP contribution in [0.1, 0.15) is 13.8 Å². The Morgan fingerprint density at radius 2 is 1.46 bits per heavy atom. The van der Waals surface area contributed by atoms with Gasteiger partial charge in [0.2, 0.25) is 0 Å². The fourth-order valence-corrected chi connectivity index (χ4v) is 1.23. The SMILES string of the molecule is CCN(CC)c1ccccc1.N#N. The second kappa shape index (κ2) is 7.11. The van der Waals surface area contributed by atoms with Gasteiger partial charge in [0.25, 0.3) is 0 Å². The number of hydrogen-bond donors (Lipinski definition) is 0. The van der Waals surface area contributed by atoms with Gasteiger partial charge in [0, 0.05) is 29.6 Å².